The van der Waals surface area contributed by atoms with E-state index in [1.165, 1.54) is 22.4 Å². The summed E-state index contributed by atoms with van der Waals surface area (Å²) in [4.78, 5) is 34.7. The summed E-state index contributed by atoms with van der Waals surface area (Å²) in [6.45, 7) is 3.90. The van der Waals surface area contributed by atoms with Gasteiger partial charge in [-0.3, -0.25) is 4.79 Å². The zero-order valence-electron chi connectivity index (χ0n) is 17.5. The quantitative estimate of drug-likeness (QED) is 0.227. The molecule has 0 aliphatic rings. The van der Waals surface area contributed by atoms with Gasteiger partial charge in [0.1, 0.15) is 11.4 Å². The number of aryl methyl sites for hydroxylation is 2. The van der Waals surface area contributed by atoms with Crippen LogP contribution in [0.15, 0.2) is 86.0 Å². The van der Waals surface area contributed by atoms with E-state index in [0.29, 0.717) is 33.2 Å². The molecule has 0 saturated heterocycles. The van der Waals surface area contributed by atoms with Gasteiger partial charge in [0, 0.05) is 23.4 Å². The van der Waals surface area contributed by atoms with Gasteiger partial charge in [-0.25, -0.2) is 19.3 Å². The predicted molar refractivity (Wildman–Crippen MR) is 127 cm³/mol. The van der Waals surface area contributed by atoms with Gasteiger partial charge < -0.3 is 4.42 Å². The number of nitrogens with zero attached hydrogens (tertiary/aromatic N) is 3. The van der Waals surface area contributed by atoms with Crippen LogP contribution in [0.2, 0.25) is 0 Å². The van der Waals surface area contributed by atoms with E-state index in [2.05, 4.69) is 4.98 Å². The number of hydrogen-bond donors (Lipinski definition) is 0. The van der Waals surface area contributed by atoms with Crippen molar-refractivity contribution in [3.8, 4) is 5.82 Å². The minimum Gasteiger partial charge on any atom is -0.423 e. The Bertz CT molecular complexity index is 1590. The fraction of sp³-hybridized carbons (Fsp3) is 0.120. The molecule has 0 fully saturated rings. The van der Waals surface area contributed by atoms with E-state index >= 15 is 0 Å². The maximum absolute atomic E-state index is 13.4. The molecule has 0 saturated carbocycles. The minimum absolute atomic E-state index is 0.178. The molecule has 3 aromatic heterocycles. The van der Waals surface area contributed by atoms with Gasteiger partial charge in [-0.05, 0) is 54.8 Å². The molecule has 32 heavy (non-hydrogen) atoms. The van der Waals surface area contributed by atoms with E-state index in [9.17, 15) is 9.59 Å². The van der Waals surface area contributed by atoms with Gasteiger partial charge >= 0.3 is 5.63 Å². The third kappa shape index (κ3) is 3.71. The molecule has 6 nitrogen and oxygen atoms in total. The molecule has 0 spiro atoms. The second kappa shape index (κ2) is 8.09. The lowest BCUT2D eigenvalue weighted by Crippen LogP contribution is -2.22. The van der Waals surface area contributed by atoms with Gasteiger partial charge in [-0.2, -0.15) is 0 Å². The highest BCUT2D eigenvalue weighted by atomic mass is 32.2. The Balaban J connectivity index is 1.64. The largest absolute Gasteiger partial charge is 0.423 e. The standard InChI is InChI=1S/C25H19N3O3S/c1-15-7-9-18-17(12-23(29)31-21(18)11-15)14-32-25-27-20-6-4-3-5-19(20)24(30)28(25)22-10-8-16(2)13-26-22/h3-13H,14H2,1-2H3. The van der Waals surface area contributed by atoms with Gasteiger partial charge in [0.05, 0.1) is 10.9 Å². The minimum atomic E-state index is -0.400. The molecule has 0 atom stereocenters. The van der Waals surface area contributed by atoms with Crippen LogP contribution in [0.25, 0.3) is 27.7 Å². The van der Waals surface area contributed by atoms with Crippen molar-refractivity contribution in [3.05, 3.63) is 104 Å². The van der Waals surface area contributed by atoms with Crippen LogP contribution < -0.4 is 11.2 Å². The third-order valence-corrected chi connectivity index (χ3v) is 6.20. The molecular weight excluding hydrogens is 422 g/mol. The highest BCUT2D eigenvalue weighted by molar-refractivity contribution is 7.98. The second-order valence-corrected chi connectivity index (χ2v) is 8.57. The van der Waals surface area contributed by atoms with Gasteiger partial charge in [-0.1, -0.05) is 42.1 Å². The molecule has 0 aliphatic carbocycles. The molecule has 3 heterocycles. The summed E-state index contributed by atoms with van der Waals surface area (Å²) in [7, 11) is 0. The van der Waals surface area contributed by atoms with Gasteiger partial charge in [-0.15, -0.1) is 0 Å². The Morgan fingerprint density at radius 1 is 0.938 bits per heavy atom. The summed E-state index contributed by atoms with van der Waals surface area (Å²) < 4.78 is 6.90. The van der Waals surface area contributed by atoms with Crippen molar-refractivity contribution >= 4 is 33.6 Å². The van der Waals surface area contributed by atoms with Crippen LogP contribution in [0.1, 0.15) is 16.7 Å². The summed E-state index contributed by atoms with van der Waals surface area (Å²) in [5.74, 6) is 0.955. The Labute approximate surface area is 187 Å². The summed E-state index contributed by atoms with van der Waals surface area (Å²) in [5.41, 5.74) is 3.44. The van der Waals surface area contributed by atoms with E-state index in [1.807, 2.05) is 62.4 Å². The molecular formula is C25H19N3O3S. The molecule has 0 bridgehead atoms. The number of pyridine rings is 1. The molecule has 5 rings (SSSR count). The Hall–Kier alpha value is -3.71. The SMILES string of the molecule is Cc1ccc(-n2c(SCc3cc(=O)oc4cc(C)ccc34)nc3ccccc3c2=O)nc1. The smallest absolute Gasteiger partial charge is 0.336 e. The van der Waals surface area contributed by atoms with Crippen LogP contribution >= 0.6 is 11.8 Å². The van der Waals surface area contributed by atoms with Crippen LogP contribution in [0.3, 0.4) is 0 Å². The van der Waals surface area contributed by atoms with Crippen molar-refractivity contribution in [1.29, 1.82) is 0 Å². The normalized spacial score (nSPS) is 11.3. The first-order chi connectivity index (χ1) is 15.5. The van der Waals surface area contributed by atoms with Crippen molar-refractivity contribution in [3.63, 3.8) is 0 Å². The number of hydrogen-bond acceptors (Lipinski definition) is 6. The van der Waals surface area contributed by atoms with E-state index < -0.39 is 5.63 Å². The molecule has 2 aromatic carbocycles. The average Bonchev–Trinajstić information content (AvgIpc) is 2.78. The monoisotopic (exact) mass is 441 g/mol. The molecule has 5 aromatic rings. The van der Waals surface area contributed by atoms with E-state index in [4.69, 9.17) is 9.40 Å². The molecule has 158 valence electrons. The Morgan fingerprint density at radius 3 is 2.56 bits per heavy atom. The van der Waals surface area contributed by atoms with Gasteiger partial charge in [0.15, 0.2) is 5.16 Å². The maximum atomic E-state index is 13.4. The van der Waals surface area contributed by atoms with Crippen LogP contribution in [-0.2, 0) is 5.75 Å². The van der Waals surface area contributed by atoms with Crippen molar-refractivity contribution in [2.24, 2.45) is 0 Å². The lowest BCUT2D eigenvalue weighted by atomic mass is 10.1. The van der Waals surface area contributed by atoms with Crippen LogP contribution in [0.4, 0.5) is 0 Å². The third-order valence-electron chi connectivity index (χ3n) is 5.21. The van der Waals surface area contributed by atoms with Crippen LogP contribution in [0, 0.1) is 13.8 Å². The number of thioether (sulfide) groups is 1. The van der Waals surface area contributed by atoms with Crippen molar-refractivity contribution < 1.29 is 4.42 Å². The first kappa shape index (κ1) is 20.2. The maximum Gasteiger partial charge on any atom is 0.336 e. The first-order valence-corrected chi connectivity index (χ1v) is 11.1. The Kier molecular flexibility index (Phi) is 5.11. The van der Waals surface area contributed by atoms with E-state index in [1.54, 1.807) is 12.3 Å². The van der Waals surface area contributed by atoms with E-state index in [0.717, 1.165) is 22.1 Å². The molecule has 7 heteroatoms. The van der Waals surface area contributed by atoms with E-state index in [-0.39, 0.29) is 5.56 Å². The molecule has 0 amide bonds. The zero-order chi connectivity index (χ0) is 22.2. The van der Waals surface area contributed by atoms with Gasteiger partial charge in [0.2, 0.25) is 0 Å². The highest BCUT2D eigenvalue weighted by Gasteiger charge is 2.15. The number of para-hydroxylation sites is 1. The van der Waals surface area contributed by atoms with Crippen molar-refractivity contribution in [1.82, 2.24) is 14.5 Å². The zero-order valence-corrected chi connectivity index (χ0v) is 18.3. The van der Waals surface area contributed by atoms with Crippen LogP contribution in [0.5, 0.6) is 0 Å². The molecule has 0 N–H and O–H groups in total. The van der Waals surface area contributed by atoms with Crippen molar-refractivity contribution in [2.45, 2.75) is 24.8 Å². The summed E-state index contributed by atoms with van der Waals surface area (Å²) in [6, 6.07) is 18.3. The summed E-state index contributed by atoms with van der Waals surface area (Å²) >= 11 is 1.39. The fourth-order valence-electron chi connectivity index (χ4n) is 3.60. The number of aromatic nitrogens is 3. The lowest BCUT2D eigenvalue weighted by Gasteiger charge is -2.13. The first-order valence-electron chi connectivity index (χ1n) is 10.1. The number of fused-ring (bicyclic) bond motifs is 2. The molecule has 0 unspecified atom stereocenters. The summed E-state index contributed by atoms with van der Waals surface area (Å²) in [6.07, 6.45) is 1.73. The second-order valence-electron chi connectivity index (χ2n) is 7.62. The predicted octanol–water partition coefficient (Wildman–Crippen LogP) is 4.80. The van der Waals surface area contributed by atoms with Crippen LogP contribution in [-0.4, -0.2) is 14.5 Å². The average molecular weight is 442 g/mol. The Morgan fingerprint density at radius 2 is 1.75 bits per heavy atom. The molecule has 0 radical (unpaired) electrons. The topological polar surface area (TPSA) is 78.0 Å². The van der Waals surface area contributed by atoms with Crippen molar-refractivity contribution in [2.75, 3.05) is 0 Å². The molecule has 0 aliphatic heterocycles. The number of benzene rings is 2. The summed E-state index contributed by atoms with van der Waals surface area (Å²) in [5, 5.41) is 1.91. The van der Waals surface area contributed by atoms with Gasteiger partial charge in [0.25, 0.3) is 5.56 Å². The highest BCUT2D eigenvalue weighted by Crippen LogP contribution is 2.27. The fourth-order valence-corrected chi connectivity index (χ4v) is 4.59. The number of rotatable bonds is 4. The lowest BCUT2D eigenvalue weighted by molar-refractivity contribution is 0.559.